The summed E-state index contributed by atoms with van der Waals surface area (Å²) < 4.78 is 11.1. The maximum atomic E-state index is 9.13. The molecule has 0 amide bonds. The van der Waals surface area contributed by atoms with Crippen LogP contribution in [0, 0.1) is 11.3 Å². The van der Waals surface area contributed by atoms with Gasteiger partial charge in [-0.05, 0) is 12.1 Å². The van der Waals surface area contributed by atoms with Crippen molar-refractivity contribution in [1.82, 2.24) is 5.32 Å². The Bertz CT molecular complexity index is 446. The minimum absolute atomic E-state index is 0.0247. The van der Waals surface area contributed by atoms with Crippen LogP contribution in [0.2, 0.25) is 0 Å². The summed E-state index contributed by atoms with van der Waals surface area (Å²) in [6.45, 7) is 0.322. The topological polar surface area (TPSA) is 74.5 Å². The average molecular weight is 315 g/mol. The van der Waals surface area contributed by atoms with Gasteiger partial charge in [-0.25, -0.2) is 0 Å². The summed E-state index contributed by atoms with van der Waals surface area (Å²) in [5.74, 6) is 1.15. The molecular weight excluding hydrogens is 300 g/mol. The van der Waals surface area contributed by atoms with Crippen molar-refractivity contribution in [3.05, 3.63) is 22.2 Å². The number of hydrogen-bond donors (Lipinski definition) is 2. The zero-order valence-corrected chi connectivity index (χ0v) is 11.8. The number of halogens is 1. The predicted octanol–water partition coefficient (Wildman–Crippen LogP) is 1.61. The van der Waals surface area contributed by atoms with Crippen LogP contribution in [0.3, 0.4) is 0 Å². The van der Waals surface area contributed by atoms with Crippen LogP contribution in [0.5, 0.6) is 11.5 Å². The highest BCUT2D eigenvalue weighted by Gasteiger charge is 2.17. The van der Waals surface area contributed by atoms with Gasteiger partial charge in [-0.2, -0.15) is 5.26 Å². The Morgan fingerprint density at radius 1 is 1.39 bits per heavy atom. The fourth-order valence-electron chi connectivity index (χ4n) is 1.53. The van der Waals surface area contributed by atoms with Crippen molar-refractivity contribution in [2.45, 2.75) is 6.04 Å². The Balaban J connectivity index is 3.11. The minimum Gasteiger partial charge on any atom is -0.493 e. The van der Waals surface area contributed by atoms with Crippen LogP contribution < -0.4 is 14.8 Å². The van der Waals surface area contributed by atoms with E-state index >= 15 is 0 Å². The number of rotatable bonds is 6. The molecule has 1 aromatic rings. The highest BCUT2D eigenvalue weighted by Crippen LogP contribution is 2.35. The zero-order chi connectivity index (χ0) is 13.5. The van der Waals surface area contributed by atoms with Crippen LogP contribution in [-0.4, -0.2) is 32.5 Å². The molecule has 0 saturated heterocycles. The second kappa shape index (κ2) is 7.21. The molecule has 5 nitrogen and oxygen atoms in total. The molecule has 0 spiro atoms. The van der Waals surface area contributed by atoms with E-state index in [1.807, 2.05) is 0 Å². The number of aliphatic hydroxyl groups excluding tert-OH is 1. The first-order valence-corrected chi connectivity index (χ1v) is 6.12. The number of methoxy groups -OCH3 is 2. The van der Waals surface area contributed by atoms with Crippen molar-refractivity contribution in [1.29, 1.82) is 5.26 Å². The van der Waals surface area contributed by atoms with E-state index in [2.05, 4.69) is 27.3 Å². The van der Waals surface area contributed by atoms with Crippen molar-refractivity contribution in [2.75, 3.05) is 27.4 Å². The van der Waals surface area contributed by atoms with Crippen molar-refractivity contribution in [2.24, 2.45) is 0 Å². The van der Waals surface area contributed by atoms with Gasteiger partial charge in [-0.3, -0.25) is 5.32 Å². The largest absolute Gasteiger partial charge is 0.493 e. The van der Waals surface area contributed by atoms with Gasteiger partial charge in [0.15, 0.2) is 11.5 Å². The van der Waals surface area contributed by atoms with Crippen LogP contribution in [0.15, 0.2) is 16.6 Å². The third-order valence-electron chi connectivity index (χ3n) is 2.40. The van der Waals surface area contributed by atoms with E-state index in [4.69, 9.17) is 19.8 Å². The molecule has 18 heavy (non-hydrogen) atoms. The van der Waals surface area contributed by atoms with E-state index in [0.29, 0.717) is 18.0 Å². The van der Waals surface area contributed by atoms with Crippen molar-refractivity contribution < 1.29 is 14.6 Å². The summed E-state index contributed by atoms with van der Waals surface area (Å²) in [6, 6.07) is 5.10. The normalized spacial score (nSPS) is 11.7. The van der Waals surface area contributed by atoms with Crippen LogP contribution >= 0.6 is 15.9 Å². The zero-order valence-electron chi connectivity index (χ0n) is 10.2. The number of hydrogen-bond acceptors (Lipinski definition) is 5. The lowest BCUT2D eigenvalue weighted by Gasteiger charge is -2.16. The molecule has 0 aliphatic carbocycles. The maximum absolute atomic E-state index is 9.13. The first kappa shape index (κ1) is 14.8. The molecule has 0 bridgehead atoms. The Labute approximate surface area is 114 Å². The van der Waals surface area contributed by atoms with E-state index in [-0.39, 0.29) is 6.61 Å². The van der Waals surface area contributed by atoms with Crippen molar-refractivity contribution in [3.63, 3.8) is 0 Å². The first-order chi connectivity index (χ1) is 8.67. The minimum atomic E-state index is -0.522. The first-order valence-electron chi connectivity index (χ1n) is 5.33. The standard InChI is InChI=1S/C12H15BrN2O3/c1-17-11-5-8(9(13)6-12(11)18-2)10(7-14)15-3-4-16/h5-6,10,15-16H,3-4H2,1-2H3. The summed E-state index contributed by atoms with van der Waals surface area (Å²) >= 11 is 3.40. The molecule has 1 unspecified atom stereocenters. The van der Waals surface area contributed by atoms with Gasteiger partial charge in [0.1, 0.15) is 6.04 Å². The van der Waals surface area contributed by atoms with Gasteiger partial charge >= 0.3 is 0 Å². The SMILES string of the molecule is COc1cc(Br)c(C(C#N)NCCO)cc1OC. The van der Waals surface area contributed by atoms with E-state index in [9.17, 15) is 0 Å². The molecule has 0 radical (unpaired) electrons. The Kier molecular flexibility index (Phi) is 5.92. The number of ether oxygens (including phenoxy) is 2. The highest BCUT2D eigenvalue weighted by molar-refractivity contribution is 9.10. The lowest BCUT2D eigenvalue weighted by atomic mass is 10.1. The molecule has 2 N–H and O–H groups in total. The number of aliphatic hydroxyl groups is 1. The lowest BCUT2D eigenvalue weighted by molar-refractivity contribution is 0.289. The molecule has 0 fully saturated rings. The third-order valence-corrected chi connectivity index (χ3v) is 3.09. The van der Waals surface area contributed by atoms with Gasteiger partial charge < -0.3 is 14.6 Å². The second-order valence-corrected chi connectivity index (χ2v) is 4.32. The van der Waals surface area contributed by atoms with Crippen LogP contribution in [-0.2, 0) is 0 Å². The molecule has 1 atom stereocenters. The molecule has 0 heterocycles. The molecule has 0 saturated carbocycles. The summed E-state index contributed by atoms with van der Waals surface area (Å²) in [5, 5.41) is 20.8. The number of nitriles is 1. The monoisotopic (exact) mass is 314 g/mol. The van der Waals surface area contributed by atoms with Gasteiger partial charge in [0.05, 0.1) is 26.9 Å². The van der Waals surface area contributed by atoms with Gasteiger partial charge in [0.25, 0.3) is 0 Å². The quantitative estimate of drug-likeness (QED) is 0.834. The fraction of sp³-hybridized carbons (Fsp3) is 0.417. The van der Waals surface area contributed by atoms with Gasteiger partial charge in [0.2, 0.25) is 0 Å². The summed E-state index contributed by atoms with van der Waals surface area (Å²) in [5.41, 5.74) is 0.739. The summed E-state index contributed by atoms with van der Waals surface area (Å²) in [7, 11) is 3.09. The molecule has 1 aromatic carbocycles. The van der Waals surface area contributed by atoms with Crippen LogP contribution in [0.1, 0.15) is 11.6 Å². The van der Waals surface area contributed by atoms with E-state index in [1.54, 1.807) is 19.2 Å². The van der Waals surface area contributed by atoms with Gasteiger partial charge in [-0.1, -0.05) is 15.9 Å². The summed E-state index contributed by atoms with van der Waals surface area (Å²) in [4.78, 5) is 0. The lowest BCUT2D eigenvalue weighted by Crippen LogP contribution is -2.23. The molecule has 0 aliphatic heterocycles. The van der Waals surface area contributed by atoms with Gasteiger partial charge in [-0.15, -0.1) is 0 Å². The smallest absolute Gasteiger partial charge is 0.161 e. The Hall–Kier alpha value is -1.29. The van der Waals surface area contributed by atoms with Gasteiger partial charge in [0, 0.05) is 16.6 Å². The molecule has 0 aromatic heterocycles. The molecule has 1 rings (SSSR count). The maximum Gasteiger partial charge on any atom is 0.161 e. The average Bonchev–Trinajstić information content (AvgIpc) is 2.40. The molecule has 0 aliphatic rings. The number of nitrogens with zero attached hydrogens (tertiary/aromatic N) is 1. The van der Waals surface area contributed by atoms with Crippen molar-refractivity contribution >= 4 is 15.9 Å². The van der Waals surface area contributed by atoms with E-state index in [0.717, 1.165) is 10.0 Å². The highest BCUT2D eigenvalue weighted by atomic mass is 79.9. The van der Waals surface area contributed by atoms with E-state index in [1.165, 1.54) is 7.11 Å². The van der Waals surface area contributed by atoms with E-state index < -0.39 is 6.04 Å². The molecular formula is C12H15BrN2O3. The third kappa shape index (κ3) is 3.35. The van der Waals surface area contributed by atoms with Crippen LogP contribution in [0.4, 0.5) is 0 Å². The Morgan fingerprint density at radius 2 is 2.00 bits per heavy atom. The number of benzene rings is 1. The molecule has 98 valence electrons. The summed E-state index contributed by atoms with van der Waals surface area (Å²) in [6.07, 6.45) is 0. The van der Waals surface area contributed by atoms with Crippen LogP contribution in [0.25, 0.3) is 0 Å². The molecule has 6 heteroatoms. The predicted molar refractivity (Wildman–Crippen MR) is 70.7 cm³/mol. The van der Waals surface area contributed by atoms with Crippen molar-refractivity contribution in [3.8, 4) is 17.6 Å². The Morgan fingerprint density at radius 3 is 2.50 bits per heavy atom. The fourth-order valence-corrected chi connectivity index (χ4v) is 2.08. The number of nitrogens with one attached hydrogen (secondary N) is 1. The second-order valence-electron chi connectivity index (χ2n) is 3.47.